The predicted octanol–water partition coefficient (Wildman–Crippen LogP) is 23.4. The third-order valence-electron chi connectivity index (χ3n) is 19.1. The number of aliphatic hydroxyl groups excluding tert-OH is 1. The molecule has 0 aliphatic carbocycles. The first kappa shape index (κ1) is 96.1. The number of carbonyl (C=O) groups excluding carboxylic acids is 4. The molecule has 582 valence electrons. The molecule has 0 saturated carbocycles. The van der Waals surface area contributed by atoms with Crippen LogP contribution in [0, 0.1) is 17.8 Å². The molecule has 0 spiro atoms. The standard InChI is InChI=1S/C79H154O17P2/c1-8-11-12-13-14-15-31-39-46-53-60-76(81)89-67-75(96-79(84)63-56-49-42-35-34-38-45-52-59-72(7)10-3)69-94-98(87,88)92-65-73(80)64-91-97(85,86)93-68-74(95-78(83)62-55-48-41-33-28-24-18-16-17-21-25-29-36-43-50-57-70(4)5)66-90-77(82)61-54-47-40-32-27-23-20-19-22-26-30-37-44-51-58-71(6)9-2/h70-75,80H,8-69H2,1-7H3,(H,85,86)(H,87,88)/t71?,72?,73-,74-,75-/m1/s1. The van der Waals surface area contributed by atoms with E-state index in [1.165, 1.54) is 218 Å². The molecule has 0 aliphatic heterocycles. The lowest BCUT2D eigenvalue weighted by Crippen LogP contribution is -2.30. The van der Waals surface area contributed by atoms with Crippen LogP contribution in [0.1, 0.15) is 408 Å². The van der Waals surface area contributed by atoms with Crippen LogP contribution >= 0.6 is 15.6 Å². The molecule has 0 aromatic carbocycles. The summed E-state index contributed by atoms with van der Waals surface area (Å²) in [4.78, 5) is 72.9. The van der Waals surface area contributed by atoms with Crippen molar-refractivity contribution in [1.29, 1.82) is 0 Å². The maximum absolute atomic E-state index is 13.1. The molecular formula is C79H154O17P2. The smallest absolute Gasteiger partial charge is 0.462 e. The molecule has 0 rings (SSSR count). The summed E-state index contributed by atoms with van der Waals surface area (Å²) in [5.41, 5.74) is 0. The molecule has 0 heterocycles. The fourth-order valence-corrected chi connectivity index (χ4v) is 13.6. The fraction of sp³-hybridized carbons (Fsp3) is 0.949. The van der Waals surface area contributed by atoms with Crippen molar-refractivity contribution in [2.75, 3.05) is 39.6 Å². The minimum Gasteiger partial charge on any atom is -0.462 e. The molecular weight excluding hydrogens is 1280 g/mol. The normalized spacial score (nSPS) is 14.6. The van der Waals surface area contributed by atoms with E-state index in [-0.39, 0.29) is 25.7 Å². The highest BCUT2D eigenvalue weighted by Gasteiger charge is 2.30. The van der Waals surface area contributed by atoms with Gasteiger partial charge in [-0.3, -0.25) is 37.3 Å². The Bertz CT molecular complexity index is 1910. The number of rotatable bonds is 77. The van der Waals surface area contributed by atoms with Crippen molar-refractivity contribution in [2.45, 2.75) is 426 Å². The van der Waals surface area contributed by atoms with Crippen molar-refractivity contribution in [3.05, 3.63) is 0 Å². The average Bonchev–Trinajstić information content (AvgIpc) is 1.24. The lowest BCUT2D eigenvalue weighted by molar-refractivity contribution is -0.161. The highest BCUT2D eigenvalue weighted by Crippen LogP contribution is 2.45. The van der Waals surface area contributed by atoms with E-state index in [1.54, 1.807) is 0 Å². The van der Waals surface area contributed by atoms with Gasteiger partial charge in [0.05, 0.1) is 26.4 Å². The Morgan fingerprint density at radius 1 is 0.296 bits per heavy atom. The van der Waals surface area contributed by atoms with Crippen LogP contribution < -0.4 is 0 Å². The number of phosphoric acid groups is 2. The number of aliphatic hydroxyl groups is 1. The van der Waals surface area contributed by atoms with Gasteiger partial charge in [0, 0.05) is 25.7 Å². The van der Waals surface area contributed by atoms with Gasteiger partial charge in [-0.15, -0.1) is 0 Å². The quantitative estimate of drug-likeness (QED) is 0.0222. The van der Waals surface area contributed by atoms with Crippen LogP contribution in [0.2, 0.25) is 0 Å². The summed E-state index contributed by atoms with van der Waals surface area (Å²) in [6.45, 7) is 12.0. The van der Waals surface area contributed by atoms with E-state index in [4.69, 9.17) is 37.0 Å². The Morgan fingerprint density at radius 2 is 0.520 bits per heavy atom. The van der Waals surface area contributed by atoms with Crippen molar-refractivity contribution in [3.8, 4) is 0 Å². The van der Waals surface area contributed by atoms with Gasteiger partial charge in [0.25, 0.3) is 0 Å². The Hall–Kier alpha value is -1.94. The lowest BCUT2D eigenvalue weighted by atomic mass is 9.99. The second-order valence-corrected chi connectivity index (χ2v) is 32.3. The van der Waals surface area contributed by atoms with Gasteiger partial charge < -0.3 is 33.8 Å². The van der Waals surface area contributed by atoms with E-state index < -0.39 is 97.5 Å². The van der Waals surface area contributed by atoms with Gasteiger partial charge >= 0.3 is 39.5 Å². The Morgan fingerprint density at radius 3 is 0.776 bits per heavy atom. The highest BCUT2D eigenvalue weighted by atomic mass is 31.2. The van der Waals surface area contributed by atoms with E-state index in [0.29, 0.717) is 25.7 Å². The predicted molar refractivity (Wildman–Crippen MR) is 400 cm³/mol. The molecule has 0 saturated heterocycles. The summed E-state index contributed by atoms with van der Waals surface area (Å²) in [5.74, 6) is 0.308. The van der Waals surface area contributed by atoms with Crippen LogP contribution in [-0.2, 0) is 65.4 Å². The summed E-state index contributed by atoms with van der Waals surface area (Å²) < 4.78 is 68.6. The molecule has 0 radical (unpaired) electrons. The molecule has 0 aliphatic rings. The Labute approximate surface area is 600 Å². The monoisotopic (exact) mass is 1440 g/mol. The molecule has 19 heteroatoms. The molecule has 0 bridgehead atoms. The van der Waals surface area contributed by atoms with E-state index in [2.05, 4.69) is 48.5 Å². The Balaban J connectivity index is 5.24. The van der Waals surface area contributed by atoms with Gasteiger partial charge in [-0.1, -0.05) is 357 Å². The number of phosphoric ester groups is 2. The second kappa shape index (κ2) is 69.4. The van der Waals surface area contributed by atoms with E-state index in [9.17, 15) is 43.2 Å². The van der Waals surface area contributed by atoms with Gasteiger partial charge in [-0.25, -0.2) is 9.13 Å². The number of hydrogen-bond donors (Lipinski definition) is 3. The maximum Gasteiger partial charge on any atom is 0.472 e. The van der Waals surface area contributed by atoms with Crippen molar-refractivity contribution in [3.63, 3.8) is 0 Å². The van der Waals surface area contributed by atoms with Crippen LogP contribution in [-0.4, -0.2) is 96.7 Å². The van der Waals surface area contributed by atoms with Gasteiger partial charge in [0.1, 0.15) is 19.3 Å². The minimum atomic E-state index is -4.96. The van der Waals surface area contributed by atoms with Gasteiger partial charge in [-0.2, -0.15) is 0 Å². The first-order valence-corrected chi connectivity index (χ1v) is 43.9. The SMILES string of the molecule is CCCCCCCCCCCCC(=O)OC[C@H](COP(=O)(O)OC[C@H](O)COP(=O)(O)OC[C@@H](COC(=O)CCCCCCCCCCCCCCCCC(C)CC)OC(=O)CCCCCCCCCCCCCCCCCC(C)C)OC(=O)CCCCCCCCCCC(C)CC. The zero-order chi connectivity index (χ0) is 72.3. The van der Waals surface area contributed by atoms with Crippen molar-refractivity contribution >= 4 is 39.5 Å². The summed E-state index contributed by atoms with van der Waals surface area (Å²) in [6, 6.07) is 0. The van der Waals surface area contributed by atoms with E-state index >= 15 is 0 Å². The number of unbranched alkanes of at least 4 members (excludes halogenated alkanes) is 43. The summed E-state index contributed by atoms with van der Waals surface area (Å²) in [6.07, 6.45) is 56.7. The van der Waals surface area contributed by atoms with Gasteiger partial charge in [0.2, 0.25) is 0 Å². The first-order chi connectivity index (χ1) is 47.3. The average molecular weight is 1440 g/mol. The van der Waals surface area contributed by atoms with Crippen LogP contribution in [0.4, 0.5) is 0 Å². The summed E-state index contributed by atoms with van der Waals surface area (Å²) in [5, 5.41) is 10.6. The highest BCUT2D eigenvalue weighted by molar-refractivity contribution is 7.47. The second-order valence-electron chi connectivity index (χ2n) is 29.4. The molecule has 4 unspecified atom stereocenters. The van der Waals surface area contributed by atoms with Crippen molar-refractivity contribution in [2.24, 2.45) is 17.8 Å². The Kier molecular flexibility index (Phi) is 68.1. The molecule has 17 nitrogen and oxygen atoms in total. The zero-order valence-electron chi connectivity index (χ0n) is 64.3. The summed E-state index contributed by atoms with van der Waals surface area (Å²) >= 11 is 0. The molecule has 3 N–H and O–H groups in total. The van der Waals surface area contributed by atoms with Crippen LogP contribution in [0.25, 0.3) is 0 Å². The molecule has 0 amide bonds. The van der Waals surface area contributed by atoms with Crippen molar-refractivity contribution < 1.29 is 80.2 Å². The third-order valence-corrected chi connectivity index (χ3v) is 21.0. The minimum absolute atomic E-state index is 0.105. The van der Waals surface area contributed by atoms with Crippen LogP contribution in [0.3, 0.4) is 0 Å². The number of esters is 4. The largest absolute Gasteiger partial charge is 0.472 e. The summed E-state index contributed by atoms with van der Waals surface area (Å²) in [7, 11) is -9.92. The van der Waals surface area contributed by atoms with E-state index in [1.807, 2.05) is 0 Å². The third kappa shape index (κ3) is 69.8. The molecule has 0 aromatic rings. The van der Waals surface area contributed by atoms with E-state index in [0.717, 1.165) is 108 Å². The molecule has 98 heavy (non-hydrogen) atoms. The van der Waals surface area contributed by atoms with Crippen molar-refractivity contribution in [1.82, 2.24) is 0 Å². The lowest BCUT2D eigenvalue weighted by Gasteiger charge is -2.21. The number of ether oxygens (including phenoxy) is 4. The van der Waals surface area contributed by atoms with Crippen LogP contribution in [0.15, 0.2) is 0 Å². The topological polar surface area (TPSA) is 237 Å². The zero-order valence-corrected chi connectivity index (χ0v) is 66.0. The maximum atomic E-state index is 13.1. The van der Waals surface area contributed by atoms with Crippen LogP contribution in [0.5, 0.6) is 0 Å². The number of carbonyl (C=O) groups is 4. The first-order valence-electron chi connectivity index (χ1n) is 40.9. The van der Waals surface area contributed by atoms with Gasteiger partial charge in [0.15, 0.2) is 12.2 Å². The van der Waals surface area contributed by atoms with Gasteiger partial charge in [-0.05, 0) is 43.4 Å². The molecule has 7 atom stereocenters. The molecule has 0 fully saturated rings. The number of hydrogen-bond acceptors (Lipinski definition) is 15. The fourth-order valence-electron chi connectivity index (χ4n) is 12.1. The molecule has 0 aromatic heterocycles.